The molecule has 0 unspecified atom stereocenters. The third-order valence-corrected chi connectivity index (χ3v) is 6.69. The van der Waals surface area contributed by atoms with Crippen LogP contribution in [0, 0.1) is 0 Å². The van der Waals surface area contributed by atoms with Gasteiger partial charge in [0.15, 0.2) is 11.0 Å². The molecule has 1 aromatic heterocycles. The van der Waals surface area contributed by atoms with E-state index in [4.69, 9.17) is 0 Å². The number of hydrogen-bond donors (Lipinski definition) is 0. The van der Waals surface area contributed by atoms with Crippen LogP contribution in [0.4, 0.5) is 5.69 Å². The molecule has 1 amide bonds. The molecule has 2 heterocycles. The van der Waals surface area contributed by atoms with Crippen molar-refractivity contribution in [2.75, 3.05) is 36.8 Å². The maximum Gasteiger partial charge on any atom is 0.233 e. The molecule has 1 fully saturated rings. The molecule has 156 valence electrons. The third kappa shape index (κ3) is 4.70. The van der Waals surface area contributed by atoms with Crippen LogP contribution >= 0.6 is 27.7 Å². The van der Waals surface area contributed by atoms with Crippen molar-refractivity contribution in [3.63, 3.8) is 0 Å². The van der Waals surface area contributed by atoms with Gasteiger partial charge >= 0.3 is 0 Å². The Morgan fingerprint density at radius 2 is 1.70 bits per heavy atom. The lowest BCUT2D eigenvalue weighted by Gasteiger charge is -2.36. The molecule has 1 saturated heterocycles. The average Bonchev–Trinajstić information content (AvgIpc) is 3.21. The second kappa shape index (κ2) is 9.66. The van der Waals surface area contributed by atoms with Crippen LogP contribution < -0.4 is 4.90 Å². The number of thioether (sulfide) groups is 1. The van der Waals surface area contributed by atoms with Crippen LogP contribution in [0.15, 0.2) is 64.2 Å². The van der Waals surface area contributed by atoms with E-state index in [1.807, 2.05) is 35.2 Å². The molecule has 6 nitrogen and oxygen atoms in total. The number of aromatic nitrogens is 3. The minimum Gasteiger partial charge on any atom is -0.368 e. The van der Waals surface area contributed by atoms with E-state index in [1.54, 1.807) is 0 Å². The Morgan fingerprint density at radius 3 is 2.37 bits per heavy atom. The molecule has 30 heavy (non-hydrogen) atoms. The van der Waals surface area contributed by atoms with Crippen molar-refractivity contribution in [3.05, 3.63) is 59.1 Å². The number of carbonyl (C=O) groups excluding carboxylic acids is 1. The van der Waals surface area contributed by atoms with Gasteiger partial charge < -0.3 is 14.4 Å². The Morgan fingerprint density at radius 1 is 1.00 bits per heavy atom. The zero-order valence-corrected chi connectivity index (χ0v) is 19.3. The van der Waals surface area contributed by atoms with Crippen molar-refractivity contribution in [2.24, 2.45) is 0 Å². The number of amides is 1. The van der Waals surface area contributed by atoms with Gasteiger partial charge in [-0.25, -0.2) is 0 Å². The maximum absolute atomic E-state index is 12.8. The summed E-state index contributed by atoms with van der Waals surface area (Å²) in [5.41, 5.74) is 2.23. The van der Waals surface area contributed by atoms with E-state index >= 15 is 0 Å². The molecule has 0 aliphatic carbocycles. The van der Waals surface area contributed by atoms with Crippen molar-refractivity contribution in [3.8, 4) is 11.4 Å². The van der Waals surface area contributed by atoms with Crippen LogP contribution in [0.5, 0.6) is 0 Å². The van der Waals surface area contributed by atoms with Crippen LogP contribution in [0.25, 0.3) is 11.4 Å². The first kappa shape index (κ1) is 20.9. The summed E-state index contributed by atoms with van der Waals surface area (Å²) in [6.45, 7) is 6.04. The lowest BCUT2D eigenvalue weighted by atomic mass is 10.2. The molecular formula is C22H24BrN5OS. The zero-order valence-electron chi connectivity index (χ0n) is 16.9. The summed E-state index contributed by atoms with van der Waals surface area (Å²) in [6, 6.07) is 18.4. The number of halogens is 1. The van der Waals surface area contributed by atoms with E-state index in [-0.39, 0.29) is 5.91 Å². The van der Waals surface area contributed by atoms with Gasteiger partial charge in [0, 0.05) is 48.4 Å². The topological polar surface area (TPSA) is 54.3 Å². The molecule has 1 aliphatic heterocycles. The number of nitrogens with zero attached hydrogens (tertiary/aromatic N) is 5. The highest BCUT2D eigenvalue weighted by atomic mass is 79.9. The van der Waals surface area contributed by atoms with Crippen LogP contribution in [0.3, 0.4) is 0 Å². The minimum atomic E-state index is 0.156. The van der Waals surface area contributed by atoms with Crippen LogP contribution in [-0.4, -0.2) is 57.5 Å². The summed E-state index contributed by atoms with van der Waals surface area (Å²) in [7, 11) is 0. The standard InChI is InChI=1S/C22H24BrN5OS/c1-2-28-21(17-8-10-18(23)11-9-17)24-25-22(28)30-16-20(29)27-14-12-26(13-15-27)19-6-4-3-5-7-19/h3-11H,2,12-16H2,1H3. The maximum atomic E-state index is 12.8. The first-order valence-corrected chi connectivity index (χ1v) is 11.8. The molecule has 0 bridgehead atoms. The predicted octanol–water partition coefficient (Wildman–Crippen LogP) is 4.17. The summed E-state index contributed by atoms with van der Waals surface area (Å²) in [4.78, 5) is 17.0. The molecule has 3 aromatic rings. The summed E-state index contributed by atoms with van der Waals surface area (Å²) < 4.78 is 3.09. The number of hydrogen-bond acceptors (Lipinski definition) is 5. The van der Waals surface area contributed by atoms with Gasteiger partial charge in [0.2, 0.25) is 5.91 Å². The van der Waals surface area contributed by atoms with E-state index in [9.17, 15) is 4.79 Å². The van der Waals surface area contributed by atoms with E-state index in [0.29, 0.717) is 5.75 Å². The van der Waals surface area contributed by atoms with Crippen molar-refractivity contribution in [2.45, 2.75) is 18.6 Å². The number of para-hydroxylation sites is 1. The highest BCUT2D eigenvalue weighted by molar-refractivity contribution is 9.10. The number of anilines is 1. The molecule has 8 heteroatoms. The van der Waals surface area contributed by atoms with Gasteiger partial charge in [0.05, 0.1) is 5.75 Å². The molecule has 0 spiro atoms. The first-order valence-electron chi connectivity index (χ1n) is 10.1. The average molecular weight is 486 g/mol. The van der Waals surface area contributed by atoms with Gasteiger partial charge in [-0.15, -0.1) is 10.2 Å². The zero-order chi connectivity index (χ0) is 20.9. The van der Waals surface area contributed by atoms with E-state index in [1.165, 1.54) is 17.4 Å². The molecule has 4 rings (SSSR count). The van der Waals surface area contributed by atoms with Gasteiger partial charge in [-0.1, -0.05) is 58.0 Å². The highest BCUT2D eigenvalue weighted by Crippen LogP contribution is 2.25. The Bertz CT molecular complexity index is 985. The van der Waals surface area contributed by atoms with Crippen LogP contribution in [0.2, 0.25) is 0 Å². The Balaban J connectivity index is 1.35. The Kier molecular flexibility index (Phi) is 6.74. The summed E-state index contributed by atoms with van der Waals surface area (Å²) in [6.07, 6.45) is 0. The van der Waals surface area contributed by atoms with Crippen LogP contribution in [0.1, 0.15) is 6.92 Å². The fourth-order valence-electron chi connectivity index (χ4n) is 3.56. The summed E-state index contributed by atoms with van der Waals surface area (Å²) in [5.74, 6) is 1.36. The number of piperazine rings is 1. The normalized spacial score (nSPS) is 14.2. The quantitative estimate of drug-likeness (QED) is 0.490. The van der Waals surface area contributed by atoms with Gasteiger partial charge in [-0.3, -0.25) is 4.79 Å². The van der Waals surface area contributed by atoms with Gasteiger partial charge in [0.25, 0.3) is 0 Å². The SMILES string of the molecule is CCn1c(SCC(=O)N2CCN(c3ccccc3)CC2)nnc1-c1ccc(Br)cc1. The van der Waals surface area contributed by atoms with Crippen molar-refractivity contribution in [1.82, 2.24) is 19.7 Å². The number of benzene rings is 2. The molecule has 0 radical (unpaired) electrons. The van der Waals surface area contributed by atoms with E-state index in [0.717, 1.165) is 53.7 Å². The van der Waals surface area contributed by atoms with E-state index in [2.05, 4.69) is 66.8 Å². The summed E-state index contributed by atoms with van der Waals surface area (Å²) >= 11 is 4.93. The third-order valence-electron chi connectivity index (χ3n) is 5.21. The largest absolute Gasteiger partial charge is 0.368 e. The molecular weight excluding hydrogens is 462 g/mol. The molecule has 0 atom stereocenters. The molecule has 2 aromatic carbocycles. The highest BCUT2D eigenvalue weighted by Gasteiger charge is 2.22. The van der Waals surface area contributed by atoms with Crippen LogP contribution in [-0.2, 0) is 11.3 Å². The first-order chi connectivity index (χ1) is 14.7. The fraction of sp³-hybridized carbons (Fsp3) is 0.318. The van der Waals surface area contributed by atoms with Crippen molar-refractivity contribution >= 4 is 39.3 Å². The predicted molar refractivity (Wildman–Crippen MR) is 125 cm³/mol. The smallest absolute Gasteiger partial charge is 0.233 e. The van der Waals surface area contributed by atoms with E-state index < -0.39 is 0 Å². The minimum absolute atomic E-state index is 0.156. The lowest BCUT2D eigenvalue weighted by Crippen LogP contribution is -2.49. The molecule has 1 aliphatic rings. The Hall–Kier alpha value is -2.32. The van der Waals surface area contributed by atoms with Gasteiger partial charge in [-0.2, -0.15) is 0 Å². The fourth-order valence-corrected chi connectivity index (χ4v) is 4.73. The van der Waals surface area contributed by atoms with Gasteiger partial charge in [-0.05, 0) is 31.2 Å². The van der Waals surface area contributed by atoms with Crippen molar-refractivity contribution < 1.29 is 4.79 Å². The number of rotatable bonds is 6. The molecule has 0 N–H and O–H groups in total. The van der Waals surface area contributed by atoms with Gasteiger partial charge in [0.1, 0.15) is 0 Å². The second-order valence-electron chi connectivity index (χ2n) is 7.05. The number of carbonyl (C=O) groups is 1. The lowest BCUT2D eigenvalue weighted by molar-refractivity contribution is -0.128. The molecule has 0 saturated carbocycles. The van der Waals surface area contributed by atoms with Crippen molar-refractivity contribution in [1.29, 1.82) is 0 Å². The second-order valence-corrected chi connectivity index (χ2v) is 8.91. The Labute approximate surface area is 189 Å². The summed E-state index contributed by atoms with van der Waals surface area (Å²) in [5, 5.41) is 9.49. The monoisotopic (exact) mass is 485 g/mol.